The highest BCUT2D eigenvalue weighted by Gasteiger charge is 2.16. The molecule has 0 aromatic carbocycles. The van der Waals surface area contributed by atoms with Gasteiger partial charge in [0, 0.05) is 0 Å². The van der Waals surface area contributed by atoms with Crippen molar-refractivity contribution in [2.24, 2.45) is 0 Å². The standard InChI is InChI=1S/C12H15N3O3S/c1-4-6-13-9(16)7-14-12-15-8(3)10(19-12)11(17)18-5-2/h1H,5-7H2,2-3H3,(H,13,16)(H,14,15). The highest BCUT2D eigenvalue weighted by atomic mass is 32.1. The molecule has 0 aliphatic heterocycles. The van der Waals surface area contributed by atoms with Crippen LogP contribution in [0.1, 0.15) is 22.3 Å². The van der Waals surface area contributed by atoms with Gasteiger partial charge >= 0.3 is 5.97 Å². The third-order valence-corrected chi connectivity index (χ3v) is 3.14. The van der Waals surface area contributed by atoms with Gasteiger partial charge in [0.15, 0.2) is 5.13 Å². The molecule has 7 heteroatoms. The average molecular weight is 281 g/mol. The number of hydrogen-bond acceptors (Lipinski definition) is 6. The van der Waals surface area contributed by atoms with Gasteiger partial charge in [-0.25, -0.2) is 9.78 Å². The Labute approximate surface area is 115 Å². The summed E-state index contributed by atoms with van der Waals surface area (Å²) in [6.07, 6.45) is 5.02. The summed E-state index contributed by atoms with van der Waals surface area (Å²) in [5.41, 5.74) is 0.579. The van der Waals surface area contributed by atoms with Crippen molar-refractivity contribution in [1.29, 1.82) is 0 Å². The Balaban J connectivity index is 2.57. The van der Waals surface area contributed by atoms with Gasteiger partial charge in [0.05, 0.1) is 25.4 Å². The fourth-order valence-corrected chi connectivity index (χ4v) is 2.08. The summed E-state index contributed by atoms with van der Waals surface area (Å²) in [5.74, 6) is 1.67. The van der Waals surface area contributed by atoms with E-state index in [1.165, 1.54) is 0 Å². The number of terminal acetylenes is 1. The largest absolute Gasteiger partial charge is 0.462 e. The lowest BCUT2D eigenvalue weighted by atomic mass is 10.4. The minimum absolute atomic E-state index is 0.0525. The molecular formula is C12H15N3O3S. The van der Waals surface area contributed by atoms with Crippen LogP contribution in [0.4, 0.5) is 5.13 Å². The molecule has 0 fully saturated rings. The second kappa shape index (κ2) is 7.38. The predicted octanol–water partition coefficient (Wildman–Crippen LogP) is 0.790. The molecule has 1 aromatic heterocycles. The fraction of sp³-hybridized carbons (Fsp3) is 0.417. The van der Waals surface area contributed by atoms with Crippen LogP contribution in [-0.2, 0) is 9.53 Å². The van der Waals surface area contributed by atoms with Crippen molar-refractivity contribution >= 4 is 28.3 Å². The van der Waals surface area contributed by atoms with E-state index in [1.54, 1.807) is 13.8 Å². The van der Waals surface area contributed by atoms with Crippen LogP contribution < -0.4 is 10.6 Å². The highest BCUT2D eigenvalue weighted by molar-refractivity contribution is 7.17. The van der Waals surface area contributed by atoms with E-state index in [4.69, 9.17) is 11.2 Å². The van der Waals surface area contributed by atoms with E-state index >= 15 is 0 Å². The van der Waals surface area contributed by atoms with Gasteiger partial charge in [-0.15, -0.1) is 6.42 Å². The van der Waals surface area contributed by atoms with E-state index in [9.17, 15) is 9.59 Å². The number of aryl methyl sites for hydroxylation is 1. The van der Waals surface area contributed by atoms with Gasteiger partial charge in [0.2, 0.25) is 5.91 Å². The summed E-state index contributed by atoms with van der Waals surface area (Å²) in [6, 6.07) is 0. The molecule has 0 saturated carbocycles. The minimum Gasteiger partial charge on any atom is -0.462 e. The molecule has 0 saturated heterocycles. The number of aromatic nitrogens is 1. The van der Waals surface area contributed by atoms with Crippen molar-refractivity contribution in [3.8, 4) is 12.3 Å². The number of carbonyl (C=O) groups excluding carboxylic acids is 2. The van der Waals surface area contributed by atoms with E-state index in [0.717, 1.165) is 11.3 Å². The summed E-state index contributed by atoms with van der Waals surface area (Å²) < 4.78 is 4.90. The molecule has 0 atom stereocenters. The lowest BCUT2D eigenvalue weighted by Crippen LogP contribution is -2.29. The molecule has 6 nitrogen and oxygen atoms in total. The SMILES string of the molecule is C#CCNC(=O)CNc1nc(C)c(C(=O)OCC)s1. The molecule has 0 radical (unpaired) electrons. The maximum Gasteiger partial charge on any atom is 0.350 e. The number of esters is 1. The minimum atomic E-state index is -0.401. The van der Waals surface area contributed by atoms with Crippen LogP contribution in [0.3, 0.4) is 0 Å². The van der Waals surface area contributed by atoms with Crippen molar-refractivity contribution in [3.05, 3.63) is 10.6 Å². The van der Waals surface area contributed by atoms with E-state index in [-0.39, 0.29) is 19.0 Å². The highest BCUT2D eigenvalue weighted by Crippen LogP contribution is 2.23. The number of anilines is 1. The van der Waals surface area contributed by atoms with Crippen LogP contribution in [0, 0.1) is 19.3 Å². The van der Waals surface area contributed by atoms with Gasteiger partial charge in [-0.2, -0.15) is 0 Å². The van der Waals surface area contributed by atoms with E-state index in [1.807, 2.05) is 0 Å². The Bertz CT molecular complexity index is 505. The molecule has 1 amide bonds. The zero-order valence-electron chi connectivity index (χ0n) is 10.8. The molecule has 0 spiro atoms. The van der Waals surface area contributed by atoms with Gasteiger partial charge in [0.1, 0.15) is 4.88 Å². The third kappa shape index (κ3) is 4.60. The van der Waals surface area contributed by atoms with Crippen molar-refractivity contribution in [1.82, 2.24) is 10.3 Å². The summed E-state index contributed by atoms with van der Waals surface area (Å²) in [7, 11) is 0. The molecule has 102 valence electrons. The Kier molecular flexibility index (Phi) is 5.82. The number of thiazole rings is 1. The van der Waals surface area contributed by atoms with Crippen LogP contribution in [0.5, 0.6) is 0 Å². The van der Waals surface area contributed by atoms with Gasteiger partial charge in [-0.3, -0.25) is 4.79 Å². The van der Waals surface area contributed by atoms with E-state index < -0.39 is 5.97 Å². The van der Waals surface area contributed by atoms with Crippen LogP contribution in [0.2, 0.25) is 0 Å². The number of ether oxygens (including phenoxy) is 1. The lowest BCUT2D eigenvalue weighted by Gasteiger charge is -2.01. The number of carbonyl (C=O) groups is 2. The quantitative estimate of drug-likeness (QED) is 0.595. The molecule has 1 rings (SSSR count). The molecular weight excluding hydrogens is 266 g/mol. The zero-order valence-corrected chi connectivity index (χ0v) is 11.6. The Hall–Kier alpha value is -2.07. The third-order valence-electron chi connectivity index (χ3n) is 2.05. The summed E-state index contributed by atoms with van der Waals surface area (Å²) in [4.78, 5) is 27.5. The molecule has 0 aliphatic carbocycles. The summed E-state index contributed by atoms with van der Waals surface area (Å²) >= 11 is 1.16. The Morgan fingerprint density at radius 2 is 2.26 bits per heavy atom. The van der Waals surface area contributed by atoms with Crippen LogP contribution in [0.25, 0.3) is 0 Å². The number of rotatable bonds is 6. The molecule has 2 N–H and O–H groups in total. The molecule has 1 heterocycles. The molecule has 19 heavy (non-hydrogen) atoms. The summed E-state index contributed by atoms with van der Waals surface area (Å²) in [6.45, 7) is 4.01. The molecule has 0 unspecified atom stereocenters. The Morgan fingerprint density at radius 3 is 2.89 bits per heavy atom. The van der Waals surface area contributed by atoms with E-state index in [2.05, 4.69) is 21.5 Å². The monoisotopic (exact) mass is 281 g/mol. The van der Waals surface area contributed by atoms with Gasteiger partial charge < -0.3 is 15.4 Å². The van der Waals surface area contributed by atoms with Crippen LogP contribution in [0.15, 0.2) is 0 Å². The summed E-state index contributed by atoms with van der Waals surface area (Å²) in [5, 5.41) is 5.84. The second-order valence-electron chi connectivity index (χ2n) is 3.49. The smallest absolute Gasteiger partial charge is 0.350 e. The first kappa shape index (κ1) is 15.0. The first-order valence-electron chi connectivity index (χ1n) is 5.67. The number of nitrogens with one attached hydrogen (secondary N) is 2. The van der Waals surface area contributed by atoms with Gasteiger partial charge in [-0.05, 0) is 13.8 Å². The first-order chi connectivity index (χ1) is 9.08. The lowest BCUT2D eigenvalue weighted by molar-refractivity contribution is -0.119. The number of nitrogens with zero attached hydrogens (tertiary/aromatic N) is 1. The van der Waals surface area contributed by atoms with Crippen molar-refractivity contribution in [2.75, 3.05) is 25.0 Å². The van der Waals surface area contributed by atoms with E-state index in [0.29, 0.717) is 22.3 Å². The number of hydrogen-bond donors (Lipinski definition) is 2. The Morgan fingerprint density at radius 1 is 1.53 bits per heavy atom. The maximum atomic E-state index is 11.6. The maximum absolute atomic E-state index is 11.6. The van der Waals surface area contributed by atoms with Gasteiger partial charge in [0.25, 0.3) is 0 Å². The molecule has 1 aromatic rings. The topological polar surface area (TPSA) is 80.3 Å². The fourth-order valence-electron chi connectivity index (χ4n) is 1.23. The average Bonchev–Trinajstić information content (AvgIpc) is 2.75. The molecule has 0 bridgehead atoms. The van der Waals surface area contributed by atoms with Crippen molar-refractivity contribution in [3.63, 3.8) is 0 Å². The number of amides is 1. The second-order valence-corrected chi connectivity index (χ2v) is 4.49. The zero-order chi connectivity index (χ0) is 14.3. The van der Waals surface area contributed by atoms with Crippen LogP contribution in [-0.4, -0.2) is 36.6 Å². The van der Waals surface area contributed by atoms with Crippen LogP contribution >= 0.6 is 11.3 Å². The molecule has 0 aliphatic rings. The van der Waals surface area contributed by atoms with Crippen molar-refractivity contribution < 1.29 is 14.3 Å². The van der Waals surface area contributed by atoms with Crippen molar-refractivity contribution in [2.45, 2.75) is 13.8 Å². The van der Waals surface area contributed by atoms with Gasteiger partial charge in [-0.1, -0.05) is 17.3 Å². The predicted molar refractivity (Wildman–Crippen MR) is 73.1 cm³/mol. The first-order valence-corrected chi connectivity index (χ1v) is 6.48. The normalized spacial score (nSPS) is 9.53.